The molecule has 0 aromatic heterocycles. The third-order valence-electron chi connectivity index (χ3n) is 4.90. The summed E-state index contributed by atoms with van der Waals surface area (Å²) in [6.45, 7) is 13.8. The lowest BCUT2D eigenvalue weighted by atomic mass is 9.88. The lowest BCUT2D eigenvalue weighted by Crippen LogP contribution is -2.28. The van der Waals surface area contributed by atoms with Crippen molar-refractivity contribution in [2.75, 3.05) is 18.1 Å². The molecule has 1 nitrogen and oxygen atoms in total. The van der Waals surface area contributed by atoms with E-state index in [1.807, 2.05) is 19.9 Å². The fourth-order valence-corrected chi connectivity index (χ4v) is 4.46. The van der Waals surface area contributed by atoms with E-state index in [2.05, 4.69) is 72.8 Å². The molecule has 0 aromatic carbocycles. The van der Waals surface area contributed by atoms with Crippen LogP contribution in [0.5, 0.6) is 0 Å². The Labute approximate surface area is 164 Å². The van der Waals surface area contributed by atoms with Crippen LogP contribution in [0.25, 0.3) is 0 Å². The molecular weight excluding hydrogens is 334 g/mol. The number of nitrogens with one attached hydrogen (secondary N) is 1. The quantitative estimate of drug-likeness (QED) is 0.500. The van der Waals surface area contributed by atoms with Gasteiger partial charge in [-0.3, -0.25) is 0 Å². The summed E-state index contributed by atoms with van der Waals surface area (Å²) in [6.07, 6.45) is 20.9. The van der Waals surface area contributed by atoms with Crippen LogP contribution >= 0.6 is 11.8 Å². The van der Waals surface area contributed by atoms with Gasteiger partial charge in [0.15, 0.2) is 0 Å². The number of hydrogen-bond donors (Lipinski definition) is 1. The molecule has 2 heteroatoms. The molecule has 1 N–H and O–H groups in total. The second-order valence-electron chi connectivity index (χ2n) is 6.98. The predicted octanol–water partition coefficient (Wildman–Crippen LogP) is 6.37. The van der Waals surface area contributed by atoms with Crippen LogP contribution in [-0.4, -0.2) is 18.1 Å². The number of rotatable bonds is 8. The average molecular weight is 368 g/mol. The Morgan fingerprint density at radius 1 is 1.31 bits per heavy atom. The molecule has 0 aromatic rings. The van der Waals surface area contributed by atoms with E-state index >= 15 is 0 Å². The average Bonchev–Trinajstić information content (AvgIpc) is 2.69. The van der Waals surface area contributed by atoms with Crippen LogP contribution in [0.1, 0.15) is 33.1 Å². The molecule has 2 aliphatic rings. The second-order valence-corrected chi connectivity index (χ2v) is 8.13. The van der Waals surface area contributed by atoms with E-state index < -0.39 is 0 Å². The summed E-state index contributed by atoms with van der Waals surface area (Å²) in [7, 11) is 0. The van der Waals surface area contributed by atoms with Crippen molar-refractivity contribution >= 4 is 11.8 Å². The maximum absolute atomic E-state index is 4.34. The van der Waals surface area contributed by atoms with Gasteiger partial charge in [0, 0.05) is 18.2 Å². The Morgan fingerprint density at radius 3 is 2.85 bits per heavy atom. The third kappa shape index (κ3) is 6.25. The van der Waals surface area contributed by atoms with Gasteiger partial charge in [0.2, 0.25) is 0 Å². The summed E-state index contributed by atoms with van der Waals surface area (Å²) in [6, 6.07) is 0. The molecule has 1 aliphatic carbocycles. The molecule has 26 heavy (non-hydrogen) atoms. The van der Waals surface area contributed by atoms with Crippen LogP contribution in [0.4, 0.5) is 0 Å². The van der Waals surface area contributed by atoms with E-state index in [4.69, 9.17) is 0 Å². The maximum Gasteiger partial charge on any atom is 0.0204 e. The molecule has 1 saturated heterocycles. The van der Waals surface area contributed by atoms with Crippen molar-refractivity contribution < 1.29 is 0 Å². The lowest BCUT2D eigenvalue weighted by Gasteiger charge is -2.26. The largest absolute Gasteiger partial charge is 0.388 e. The zero-order chi connectivity index (χ0) is 18.8. The Bertz CT molecular complexity index is 639. The SMILES string of the molecule is C=C(C1=CC(C(=C)NCC2CCCSC2)CC=C1)C(/C=C\C)=C/C=C/C. The summed E-state index contributed by atoms with van der Waals surface area (Å²) in [4.78, 5) is 0. The molecule has 2 atom stereocenters. The molecule has 1 aliphatic heterocycles. The number of allylic oxidation sites excluding steroid dienone is 11. The van der Waals surface area contributed by atoms with Gasteiger partial charge in [-0.2, -0.15) is 11.8 Å². The van der Waals surface area contributed by atoms with Crippen molar-refractivity contribution in [3.63, 3.8) is 0 Å². The van der Waals surface area contributed by atoms with Crippen LogP contribution in [0.3, 0.4) is 0 Å². The van der Waals surface area contributed by atoms with E-state index in [-0.39, 0.29) is 0 Å². The predicted molar refractivity (Wildman–Crippen MR) is 119 cm³/mol. The zero-order valence-electron chi connectivity index (χ0n) is 16.3. The molecule has 2 rings (SSSR count). The van der Waals surface area contributed by atoms with Crippen molar-refractivity contribution in [3.8, 4) is 0 Å². The molecule has 0 radical (unpaired) electrons. The minimum absolute atomic E-state index is 0.344. The lowest BCUT2D eigenvalue weighted by molar-refractivity contribution is 0.486. The first-order valence-electron chi connectivity index (χ1n) is 9.69. The van der Waals surface area contributed by atoms with Crippen molar-refractivity contribution in [3.05, 3.63) is 84.2 Å². The Morgan fingerprint density at radius 2 is 2.15 bits per heavy atom. The minimum Gasteiger partial charge on any atom is -0.388 e. The summed E-state index contributed by atoms with van der Waals surface area (Å²) in [5.41, 5.74) is 4.56. The standard InChI is InChI=1S/C24H33NS/c1-5-7-12-22(10-6-2)19(3)23-13-8-14-24(16-23)20(4)25-17-21-11-9-15-26-18-21/h5-8,10,12-13,16,21,24-25H,3-4,9,11,14-15,17-18H2,1-2H3/b7-5+,10-6-,22-12+. The molecular formula is C24H33NS. The summed E-state index contributed by atoms with van der Waals surface area (Å²) in [5.74, 6) is 3.74. The van der Waals surface area contributed by atoms with E-state index in [1.54, 1.807) is 0 Å². The normalized spacial score (nSPS) is 24.1. The molecule has 0 amide bonds. The molecule has 1 heterocycles. The third-order valence-corrected chi connectivity index (χ3v) is 6.18. The van der Waals surface area contributed by atoms with E-state index in [0.717, 1.165) is 35.7 Å². The first-order valence-corrected chi connectivity index (χ1v) is 10.8. The van der Waals surface area contributed by atoms with Crippen molar-refractivity contribution in [1.82, 2.24) is 5.32 Å². The Balaban J connectivity index is 2.00. The fourth-order valence-electron chi connectivity index (χ4n) is 3.30. The van der Waals surface area contributed by atoms with Crippen molar-refractivity contribution in [2.45, 2.75) is 33.1 Å². The molecule has 2 unspecified atom stereocenters. The fraction of sp³-hybridized carbons (Fsp3) is 0.417. The highest BCUT2D eigenvalue weighted by Crippen LogP contribution is 2.29. The first kappa shape index (κ1) is 20.6. The van der Waals surface area contributed by atoms with Crippen LogP contribution < -0.4 is 5.32 Å². The zero-order valence-corrected chi connectivity index (χ0v) is 17.2. The number of hydrogen-bond acceptors (Lipinski definition) is 2. The maximum atomic E-state index is 4.34. The highest BCUT2D eigenvalue weighted by atomic mass is 32.2. The van der Waals surface area contributed by atoms with Gasteiger partial charge in [0.1, 0.15) is 0 Å². The van der Waals surface area contributed by atoms with Crippen molar-refractivity contribution in [2.24, 2.45) is 11.8 Å². The molecule has 0 saturated carbocycles. The Kier molecular flexibility index (Phi) is 8.84. The first-order chi connectivity index (χ1) is 12.7. The minimum atomic E-state index is 0.344. The van der Waals surface area contributed by atoms with Gasteiger partial charge in [-0.25, -0.2) is 0 Å². The monoisotopic (exact) mass is 367 g/mol. The highest BCUT2D eigenvalue weighted by molar-refractivity contribution is 7.99. The van der Waals surface area contributed by atoms with Gasteiger partial charge in [-0.05, 0) is 67.3 Å². The summed E-state index contributed by atoms with van der Waals surface area (Å²) < 4.78 is 0. The smallest absolute Gasteiger partial charge is 0.0204 e. The van der Waals surface area contributed by atoms with Gasteiger partial charge in [-0.1, -0.05) is 61.8 Å². The van der Waals surface area contributed by atoms with Crippen LogP contribution in [0.2, 0.25) is 0 Å². The van der Waals surface area contributed by atoms with Gasteiger partial charge in [0.25, 0.3) is 0 Å². The number of thioether (sulfide) groups is 1. The van der Waals surface area contributed by atoms with E-state index in [0.29, 0.717) is 5.92 Å². The summed E-state index contributed by atoms with van der Waals surface area (Å²) in [5, 5.41) is 3.61. The summed E-state index contributed by atoms with van der Waals surface area (Å²) >= 11 is 2.09. The highest BCUT2D eigenvalue weighted by Gasteiger charge is 2.18. The van der Waals surface area contributed by atoms with Crippen molar-refractivity contribution in [1.29, 1.82) is 0 Å². The Hall–Kier alpha value is -1.67. The topological polar surface area (TPSA) is 12.0 Å². The van der Waals surface area contributed by atoms with Crippen LogP contribution in [0, 0.1) is 11.8 Å². The molecule has 140 valence electrons. The van der Waals surface area contributed by atoms with Gasteiger partial charge < -0.3 is 5.32 Å². The molecule has 0 spiro atoms. The molecule has 0 bridgehead atoms. The van der Waals surface area contributed by atoms with Crippen LogP contribution in [0.15, 0.2) is 84.2 Å². The van der Waals surface area contributed by atoms with E-state index in [9.17, 15) is 0 Å². The van der Waals surface area contributed by atoms with Gasteiger partial charge >= 0.3 is 0 Å². The van der Waals surface area contributed by atoms with Crippen LogP contribution in [-0.2, 0) is 0 Å². The van der Waals surface area contributed by atoms with E-state index in [1.165, 1.54) is 29.9 Å². The van der Waals surface area contributed by atoms with Gasteiger partial charge in [0.05, 0.1) is 0 Å². The molecule has 1 fully saturated rings. The van der Waals surface area contributed by atoms with Gasteiger partial charge in [-0.15, -0.1) is 0 Å². The second kappa shape index (κ2) is 11.1.